The highest BCUT2D eigenvalue weighted by atomic mass is 16.8. The molecule has 0 saturated carbocycles. The second kappa shape index (κ2) is 8.22. The molecule has 2 N–H and O–H groups in total. The topological polar surface area (TPSA) is 104 Å². The van der Waals surface area contributed by atoms with Crippen molar-refractivity contribution in [3.8, 4) is 0 Å². The van der Waals surface area contributed by atoms with E-state index in [1.54, 1.807) is 20.8 Å². The fraction of sp³-hybridized carbons (Fsp3) is 0.632. The van der Waals surface area contributed by atoms with Crippen molar-refractivity contribution in [3.63, 3.8) is 0 Å². The van der Waals surface area contributed by atoms with E-state index in [1.165, 1.54) is 0 Å². The van der Waals surface area contributed by atoms with Crippen LogP contribution >= 0.6 is 0 Å². The molecular weight excluding hydrogens is 356 g/mol. The van der Waals surface area contributed by atoms with Crippen LogP contribution in [0.5, 0.6) is 0 Å². The van der Waals surface area contributed by atoms with Crippen molar-refractivity contribution in [3.05, 3.63) is 35.9 Å². The Morgan fingerprint density at radius 3 is 2.59 bits per heavy atom. The van der Waals surface area contributed by atoms with Gasteiger partial charge in [-0.3, -0.25) is 0 Å². The summed E-state index contributed by atoms with van der Waals surface area (Å²) < 4.78 is 28.0. The lowest BCUT2D eigenvalue weighted by atomic mass is 10.0. The molecular formula is C19H26O8. The summed E-state index contributed by atoms with van der Waals surface area (Å²) in [5.41, 5.74) is 0.929. The molecule has 0 aliphatic carbocycles. The minimum Gasteiger partial charge on any atom is -0.464 e. The molecule has 1 aromatic carbocycles. The van der Waals surface area contributed by atoms with Gasteiger partial charge in [0, 0.05) is 0 Å². The molecule has 0 radical (unpaired) electrons. The quantitative estimate of drug-likeness (QED) is 0.666. The highest BCUT2D eigenvalue weighted by molar-refractivity contribution is 5.75. The number of aliphatic hydroxyl groups is 2. The number of aliphatic hydroxyl groups excluding tert-OH is 2. The van der Waals surface area contributed by atoms with Crippen molar-refractivity contribution >= 4 is 5.97 Å². The predicted molar refractivity (Wildman–Crippen MR) is 92.4 cm³/mol. The molecule has 0 aromatic heterocycles. The first-order valence-electron chi connectivity index (χ1n) is 9.02. The van der Waals surface area contributed by atoms with E-state index >= 15 is 0 Å². The number of carbonyl (C=O) groups excluding carboxylic acids is 1. The SMILES string of the molecule is CCOC(=O)[C@H](O)[C@@H](O)[C@H]1O[C@@H]2OC(C)(C)O[C@@H]2[C@H]1OCc1ccccc1. The average Bonchev–Trinajstić information content (AvgIpc) is 3.11. The minimum absolute atomic E-state index is 0.0910. The maximum Gasteiger partial charge on any atom is 0.337 e. The van der Waals surface area contributed by atoms with Crippen LogP contribution in [0.3, 0.4) is 0 Å². The van der Waals surface area contributed by atoms with Crippen molar-refractivity contribution < 1.29 is 38.7 Å². The van der Waals surface area contributed by atoms with Gasteiger partial charge >= 0.3 is 5.97 Å². The molecule has 2 fully saturated rings. The van der Waals surface area contributed by atoms with Crippen molar-refractivity contribution in [2.45, 2.75) is 70.0 Å². The largest absolute Gasteiger partial charge is 0.464 e. The molecule has 2 heterocycles. The standard InChI is InChI=1S/C19H26O8/c1-4-23-17(22)13(21)12(20)14-15(24-10-11-8-6-5-7-9-11)16-18(25-14)27-19(2,3)26-16/h5-9,12-16,18,20-21H,4,10H2,1-3H3/t12-,13-,14-,15+,16-,18-/m1/s1. The number of carbonyl (C=O) groups is 1. The second-order valence-corrected chi connectivity index (χ2v) is 7.02. The third-order valence-corrected chi connectivity index (χ3v) is 4.50. The molecule has 0 unspecified atom stereocenters. The fourth-order valence-electron chi connectivity index (χ4n) is 3.28. The zero-order chi connectivity index (χ0) is 19.6. The molecule has 0 bridgehead atoms. The van der Waals surface area contributed by atoms with Crippen LogP contribution in [0.4, 0.5) is 0 Å². The molecule has 0 spiro atoms. The summed E-state index contributed by atoms with van der Waals surface area (Å²) in [4.78, 5) is 11.8. The van der Waals surface area contributed by atoms with E-state index in [2.05, 4.69) is 0 Å². The Labute approximate surface area is 157 Å². The van der Waals surface area contributed by atoms with Gasteiger partial charge in [-0.1, -0.05) is 30.3 Å². The molecule has 8 nitrogen and oxygen atoms in total. The number of fused-ring (bicyclic) bond motifs is 1. The van der Waals surface area contributed by atoms with Crippen molar-refractivity contribution in [2.75, 3.05) is 6.61 Å². The van der Waals surface area contributed by atoms with E-state index in [-0.39, 0.29) is 13.2 Å². The van der Waals surface area contributed by atoms with Gasteiger partial charge in [-0.2, -0.15) is 0 Å². The molecule has 150 valence electrons. The summed E-state index contributed by atoms with van der Waals surface area (Å²) in [5.74, 6) is -1.78. The van der Waals surface area contributed by atoms with Crippen LogP contribution in [-0.4, -0.2) is 65.4 Å². The van der Waals surface area contributed by atoms with Gasteiger partial charge in [0.25, 0.3) is 0 Å². The predicted octanol–water partition coefficient (Wildman–Crippen LogP) is 0.733. The Bertz CT molecular complexity index is 634. The maximum atomic E-state index is 11.8. The van der Waals surface area contributed by atoms with Crippen molar-refractivity contribution in [1.82, 2.24) is 0 Å². The number of hydrogen-bond acceptors (Lipinski definition) is 8. The first-order chi connectivity index (χ1) is 12.8. The highest BCUT2D eigenvalue weighted by Crippen LogP contribution is 2.40. The van der Waals surface area contributed by atoms with E-state index in [1.807, 2.05) is 30.3 Å². The van der Waals surface area contributed by atoms with Gasteiger partial charge in [0.2, 0.25) is 0 Å². The lowest BCUT2D eigenvalue weighted by Gasteiger charge is -2.30. The highest BCUT2D eigenvalue weighted by Gasteiger charge is 2.58. The fourth-order valence-corrected chi connectivity index (χ4v) is 3.28. The lowest BCUT2D eigenvalue weighted by Crippen LogP contribution is -2.50. The van der Waals surface area contributed by atoms with Gasteiger partial charge < -0.3 is 33.9 Å². The Kier molecular flexibility index (Phi) is 6.15. The molecule has 6 atom stereocenters. The first-order valence-corrected chi connectivity index (χ1v) is 9.02. The van der Waals surface area contributed by atoms with Gasteiger partial charge in [-0.15, -0.1) is 0 Å². The third-order valence-electron chi connectivity index (χ3n) is 4.50. The normalized spacial score (nSPS) is 31.3. The molecule has 8 heteroatoms. The van der Waals surface area contributed by atoms with Gasteiger partial charge in [-0.05, 0) is 26.3 Å². The molecule has 1 aromatic rings. The van der Waals surface area contributed by atoms with Crippen LogP contribution < -0.4 is 0 Å². The minimum atomic E-state index is -1.76. The van der Waals surface area contributed by atoms with Crippen LogP contribution in [0.1, 0.15) is 26.3 Å². The third kappa shape index (κ3) is 4.48. The van der Waals surface area contributed by atoms with E-state index in [4.69, 9.17) is 23.7 Å². The Morgan fingerprint density at radius 2 is 1.93 bits per heavy atom. The maximum absolute atomic E-state index is 11.8. The zero-order valence-electron chi connectivity index (χ0n) is 15.6. The molecule has 2 aliphatic rings. The molecule has 27 heavy (non-hydrogen) atoms. The Morgan fingerprint density at radius 1 is 1.22 bits per heavy atom. The summed E-state index contributed by atoms with van der Waals surface area (Å²) in [5, 5.41) is 20.6. The zero-order valence-corrected chi connectivity index (χ0v) is 15.6. The van der Waals surface area contributed by atoms with E-state index in [0.717, 1.165) is 5.56 Å². The summed E-state index contributed by atoms with van der Waals surface area (Å²) in [6.45, 7) is 5.46. The van der Waals surface area contributed by atoms with Gasteiger partial charge in [-0.25, -0.2) is 4.79 Å². The van der Waals surface area contributed by atoms with E-state index in [0.29, 0.717) is 0 Å². The summed E-state index contributed by atoms with van der Waals surface area (Å²) in [6.07, 6.45) is -6.43. The van der Waals surface area contributed by atoms with Crippen LogP contribution in [-0.2, 0) is 35.1 Å². The van der Waals surface area contributed by atoms with Crippen molar-refractivity contribution in [1.29, 1.82) is 0 Å². The first kappa shape index (κ1) is 20.2. The number of benzene rings is 1. The molecule has 0 amide bonds. The van der Waals surface area contributed by atoms with Crippen LogP contribution in [0.25, 0.3) is 0 Å². The van der Waals surface area contributed by atoms with Gasteiger partial charge in [0.15, 0.2) is 18.2 Å². The van der Waals surface area contributed by atoms with Crippen LogP contribution in [0.15, 0.2) is 30.3 Å². The number of ether oxygens (including phenoxy) is 5. The van der Waals surface area contributed by atoms with Crippen LogP contribution in [0, 0.1) is 0 Å². The summed E-state index contributed by atoms with van der Waals surface area (Å²) in [7, 11) is 0. The monoisotopic (exact) mass is 382 g/mol. The summed E-state index contributed by atoms with van der Waals surface area (Å²) in [6, 6.07) is 9.49. The molecule has 2 aliphatic heterocycles. The van der Waals surface area contributed by atoms with E-state index in [9.17, 15) is 15.0 Å². The van der Waals surface area contributed by atoms with Crippen LogP contribution in [0.2, 0.25) is 0 Å². The van der Waals surface area contributed by atoms with Gasteiger partial charge in [0.1, 0.15) is 24.4 Å². The molecule has 2 saturated heterocycles. The number of rotatable bonds is 7. The lowest BCUT2D eigenvalue weighted by molar-refractivity contribution is -0.237. The average molecular weight is 382 g/mol. The van der Waals surface area contributed by atoms with Crippen molar-refractivity contribution in [2.24, 2.45) is 0 Å². The molecule has 3 rings (SSSR count). The second-order valence-electron chi connectivity index (χ2n) is 7.02. The number of hydrogen-bond donors (Lipinski definition) is 2. The number of esters is 1. The smallest absolute Gasteiger partial charge is 0.337 e. The van der Waals surface area contributed by atoms with Gasteiger partial charge in [0.05, 0.1) is 13.2 Å². The Hall–Kier alpha value is -1.55. The van der Waals surface area contributed by atoms with E-state index < -0.39 is 48.6 Å². The summed E-state index contributed by atoms with van der Waals surface area (Å²) >= 11 is 0. The Balaban J connectivity index is 1.74.